The van der Waals surface area contributed by atoms with Gasteiger partial charge < -0.3 is 9.31 Å². The first kappa shape index (κ1) is 27.8. The molecule has 0 unspecified atom stereocenters. The lowest BCUT2D eigenvalue weighted by molar-refractivity contribution is 0.00578. The Morgan fingerprint density at radius 3 is 1.67 bits per heavy atom. The highest BCUT2D eigenvalue weighted by Crippen LogP contribution is 2.39. The van der Waals surface area contributed by atoms with Gasteiger partial charge in [0.2, 0.25) is 0 Å². The molecule has 0 N–H and O–H groups in total. The van der Waals surface area contributed by atoms with E-state index in [2.05, 4.69) is 167 Å². The minimum Gasteiger partial charge on any atom is -0.399 e. The highest BCUT2D eigenvalue weighted by molar-refractivity contribution is 6.65. The largest absolute Gasteiger partial charge is 0.495 e. The highest BCUT2D eigenvalue weighted by atomic mass is 16.7. The van der Waals surface area contributed by atoms with Crippen LogP contribution in [0.3, 0.4) is 0 Å². The number of hydrogen-bond acceptors (Lipinski definition) is 2. The molecule has 1 aliphatic rings. The van der Waals surface area contributed by atoms with Crippen LogP contribution in [0.1, 0.15) is 27.7 Å². The summed E-state index contributed by atoms with van der Waals surface area (Å²) in [5, 5.41) is 7.33. The van der Waals surface area contributed by atoms with Crippen molar-refractivity contribution in [3.8, 4) is 33.4 Å². The molecule has 1 heterocycles. The molecular formula is C42H35BO2. The quantitative estimate of drug-likeness (QED) is 0.192. The molecule has 1 fully saturated rings. The zero-order valence-corrected chi connectivity index (χ0v) is 26.2. The fraction of sp³-hybridized carbons (Fsp3) is 0.143. The molecule has 3 heteroatoms. The summed E-state index contributed by atoms with van der Waals surface area (Å²) in [6, 6.07) is 50.6. The molecule has 0 spiro atoms. The normalized spacial score (nSPS) is 15.7. The second kappa shape index (κ2) is 10.4. The van der Waals surface area contributed by atoms with Gasteiger partial charge in [-0.15, -0.1) is 0 Å². The Kier molecular flexibility index (Phi) is 6.46. The van der Waals surface area contributed by atoms with Gasteiger partial charge in [0, 0.05) is 0 Å². The number of rotatable bonds is 4. The smallest absolute Gasteiger partial charge is 0.399 e. The third-order valence-corrected chi connectivity index (χ3v) is 9.93. The van der Waals surface area contributed by atoms with Crippen LogP contribution in [0.5, 0.6) is 0 Å². The van der Waals surface area contributed by atoms with Crippen LogP contribution in [-0.4, -0.2) is 18.3 Å². The first-order valence-corrected chi connectivity index (χ1v) is 15.8. The second-order valence-electron chi connectivity index (χ2n) is 13.2. The third-order valence-electron chi connectivity index (χ3n) is 9.93. The van der Waals surface area contributed by atoms with Crippen LogP contribution in [-0.2, 0) is 9.31 Å². The molecule has 0 aromatic heterocycles. The summed E-state index contributed by atoms with van der Waals surface area (Å²) in [5.41, 5.74) is 7.67. The zero-order valence-electron chi connectivity index (χ0n) is 26.2. The summed E-state index contributed by atoms with van der Waals surface area (Å²) in [7, 11) is -0.402. The molecule has 0 bridgehead atoms. The molecule has 7 aromatic rings. The molecule has 1 aliphatic heterocycles. The lowest BCUT2D eigenvalue weighted by atomic mass is 9.75. The Balaban J connectivity index is 1.18. The van der Waals surface area contributed by atoms with Crippen LogP contribution in [0, 0.1) is 0 Å². The van der Waals surface area contributed by atoms with Gasteiger partial charge in [-0.05, 0) is 111 Å². The monoisotopic (exact) mass is 582 g/mol. The van der Waals surface area contributed by atoms with Crippen molar-refractivity contribution in [3.63, 3.8) is 0 Å². The Morgan fingerprint density at radius 1 is 0.400 bits per heavy atom. The van der Waals surface area contributed by atoms with Gasteiger partial charge in [0.05, 0.1) is 11.2 Å². The summed E-state index contributed by atoms with van der Waals surface area (Å²) in [4.78, 5) is 0. The Labute approximate surface area is 265 Å². The molecule has 218 valence electrons. The van der Waals surface area contributed by atoms with Gasteiger partial charge in [0.25, 0.3) is 0 Å². The maximum absolute atomic E-state index is 6.44. The first-order valence-electron chi connectivity index (χ1n) is 15.8. The highest BCUT2D eigenvalue weighted by Gasteiger charge is 2.52. The van der Waals surface area contributed by atoms with Gasteiger partial charge in [-0.25, -0.2) is 0 Å². The maximum atomic E-state index is 6.44. The van der Waals surface area contributed by atoms with E-state index in [9.17, 15) is 0 Å². The van der Waals surface area contributed by atoms with Gasteiger partial charge in [-0.1, -0.05) is 127 Å². The van der Waals surface area contributed by atoms with Gasteiger partial charge in [0.15, 0.2) is 0 Å². The summed E-state index contributed by atoms with van der Waals surface area (Å²) in [6.45, 7) is 8.41. The van der Waals surface area contributed by atoms with Crippen molar-refractivity contribution >= 4 is 44.9 Å². The minimum absolute atomic E-state index is 0.385. The van der Waals surface area contributed by atoms with Crippen molar-refractivity contribution in [2.75, 3.05) is 0 Å². The van der Waals surface area contributed by atoms with E-state index in [1.807, 2.05) is 0 Å². The van der Waals surface area contributed by atoms with Crippen LogP contribution in [0.2, 0.25) is 0 Å². The molecule has 0 aliphatic carbocycles. The fourth-order valence-corrected chi connectivity index (χ4v) is 6.77. The van der Waals surface area contributed by atoms with E-state index >= 15 is 0 Å². The van der Waals surface area contributed by atoms with Crippen molar-refractivity contribution in [1.82, 2.24) is 0 Å². The summed E-state index contributed by atoms with van der Waals surface area (Å²) in [6.07, 6.45) is 0. The molecule has 0 atom stereocenters. The van der Waals surface area contributed by atoms with E-state index in [1.54, 1.807) is 0 Å². The number of hydrogen-bond donors (Lipinski definition) is 0. The molecule has 1 saturated heterocycles. The molecular weight excluding hydrogens is 547 g/mol. The van der Waals surface area contributed by atoms with Crippen LogP contribution < -0.4 is 5.46 Å². The molecule has 2 nitrogen and oxygen atoms in total. The van der Waals surface area contributed by atoms with Crippen LogP contribution in [0.4, 0.5) is 0 Å². The van der Waals surface area contributed by atoms with Gasteiger partial charge >= 0.3 is 7.12 Å². The zero-order chi connectivity index (χ0) is 30.8. The van der Waals surface area contributed by atoms with E-state index in [0.29, 0.717) is 0 Å². The van der Waals surface area contributed by atoms with Crippen molar-refractivity contribution in [2.24, 2.45) is 0 Å². The van der Waals surface area contributed by atoms with E-state index in [-0.39, 0.29) is 11.2 Å². The molecule has 8 rings (SSSR count). The average molecular weight is 583 g/mol. The topological polar surface area (TPSA) is 18.5 Å². The van der Waals surface area contributed by atoms with E-state index < -0.39 is 7.12 Å². The lowest BCUT2D eigenvalue weighted by Crippen LogP contribution is -2.41. The van der Waals surface area contributed by atoms with Crippen molar-refractivity contribution in [2.45, 2.75) is 38.9 Å². The standard InChI is InChI=1S/C42H35BO2/c1-41(2)42(3,4)45-43(44-41)40-21-11-19-38-35(17-10-20-39(38)40)32-25-23-29-26-31(24-22-30(29)27-32)34-15-7-8-16-36(34)37-18-9-13-28-12-5-6-14-33(28)37/h5-27H,1-4H3. The third kappa shape index (κ3) is 4.66. The summed E-state index contributed by atoms with van der Waals surface area (Å²) in [5.74, 6) is 0. The molecule has 0 radical (unpaired) electrons. The van der Waals surface area contributed by atoms with Crippen molar-refractivity contribution in [1.29, 1.82) is 0 Å². The molecule has 7 aromatic carbocycles. The second-order valence-corrected chi connectivity index (χ2v) is 13.2. The Hall–Kier alpha value is -4.70. The van der Waals surface area contributed by atoms with Crippen LogP contribution in [0.15, 0.2) is 140 Å². The lowest BCUT2D eigenvalue weighted by Gasteiger charge is -2.32. The van der Waals surface area contributed by atoms with Gasteiger partial charge in [0.1, 0.15) is 0 Å². The van der Waals surface area contributed by atoms with E-state index in [1.165, 1.54) is 60.3 Å². The fourth-order valence-electron chi connectivity index (χ4n) is 6.77. The molecule has 45 heavy (non-hydrogen) atoms. The van der Waals surface area contributed by atoms with E-state index in [4.69, 9.17) is 9.31 Å². The average Bonchev–Trinajstić information content (AvgIpc) is 3.29. The van der Waals surface area contributed by atoms with Gasteiger partial charge in [-0.3, -0.25) is 0 Å². The summed E-state index contributed by atoms with van der Waals surface area (Å²) >= 11 is 0. The molecule has 0 saturated carbocycles. The number of fused-ring (bicyclic) bond motifs is 3. The Bertz CT molecular complexity index is 2230. The van der Waals surface area contributed by atoms with Crippen LogP contribution >= 0.6 is 0 Å². The minimum atomic E-state index is -0.402. The van der Waals surface area contributed by atoms with Gasteiger partial charge in [-0.2, -0.15) is 0 Å². The number of benzene rings is 7. The van der Waals surface area contributed by atoms with Crippen molar-refractivity contribution in [3.05, 3.63) is 140 Å². The summed E-state index contributed by atoms with van der Waals surface area (Å²) < 4.78 is 12.9. The van der Waals surface area contributed by atoms with E-state index in [0.717, 1.165) is 10.8 Å². The predicted molar refractivity (Wildman–Crippen MR) is 191 cm³/mol. The SMILES string of the molecule is CC1(C)OB(c2cccc3c(-c4ccc5cc(-c6ccccc6-c6cccc7ccccc67)ccc5c4)cccc23)OC1(C)C. The maximum Gasteiger partial charge on any atom is 0.495 e. The first-order chi connectivity index (χ1) is 21.8. The molecule has 0 amide bonds. The van der Waals surface area contributed by atoms with Crippen molar-refractivity contribution < 1.29 is 9.31 Å². The Morgan fingerprint density at radius 2 is 0.911 bits per heavy atom. The van der Waals surface area contributed by atoms with Crippen LogP contribution in [0.25, 0.3) is 65.7 Å². The predicted octanol–water partition coefficient (Wildman–Crippen LogP) is 10.4.